The van der Waals surface area contributed by atoms with Crippen LogP contribution in [-0.4, -0.2) is 43.2 Å². The number of benzene rings is 1. The number of hydrogen-bond acceptors (Lipinski definition) is 4. The van der Waals surface area contributed by atoms with Gasteiger partial charge in [0.1, 0.15) is 0 Å². The monoisotopic (exact) mass is 350 g/mol. The van der Waals surface area contributed by atoms with Gasteiger partial charge in [-0.3, -0.25) is 14.3 Å². The van der Waals surface area contributed by atoms with Gasteiger partial charge >= 0.3 is 5.97 Å². The van der Waals surface area contributed by atoms with E-state index in [1.54, 1.807) is 15.6 Å². The van der Waals surface area contributed by atoms with Crippen LogP contribution < -0.4 is 0 Å². The largest absolute Gasteiger partial charge is 0.481 e. The standard InChI is InChI=1S/C19H18N4O3/c1-11-15-7-13(8-20-17(15)22(2)21-11)18(24)23-9-12-5-3-4-6-14(12)16(10-23)19(25)26/h3-8,16H,9-10H2,1-2H3,(H,25,26). The fourth-order valence-electron chi connectivity index (χ4n) is 3.58. The number of carbonyl (C=O) groups is 2. The molecule has 1 aromatic carbocycles. The minimum absolute atomic E-state index is 0.148. The van der Waals surface area contributed by atoms with Crippen LogP contribution in [0.2, 0.25) is 0 Å². The van der Waals surface area contributed by atoms with Crippen molar-refractivity contribution in [3.63, 3.8) is 0 Å². The first kappa shape index (κ1) is 16.3. The summed E-state index contributed by atoms with van der Waals surface area (Å²) >= 11 is 0. The molecule has 0 aliphatic carbocycles. The van der Waals surface area contributed by atoms with Crippen molar-refractivity contribution < 1.29 is 14.7 Å². The van der Waals surface area contributed by atoms with E-state index in [0.29, 0.717) is 17.8 Å². The molecule has 4 rings (SSSR count). The lowest BCUT2D eigenvalue weighted by atomic mass is 9.89. The molecule has 2 aromatic heterocycles. The first-order chi connectivity index (χ1) is 12.5. The number of carboxylic acids is 1. The molecule has 1 aliphatic rings. The van der Waals surface area contributed by atoms with Gasteiger partial charge in [0, 0.05) is 31.7 Å². The maximum atomic E-state index is 13.0. The molecule has 0 spiro atoms. The van der Waals surface area contributed by atoms with E-state index < -0.39 is 11.9 Å². The van der Waals surface area contributed by atoms with Gasteiger partial charge in [0.05, 0.1) is 17.2 Å². The molecule has 132 valence electrons. The van der Waals surface area contributed by atoms with E-state index in [-0.39, 0.29) is 12.5 Å². The minimum Gasteiger partial charge on any atom is -0.481 e. The summed E-state index contributed by atoms with van der Waals surface area (Å²) in [5.74, 6) is -1.87. The van der Waals surface area contributed by atoms with Crippen LogP contribution in [0.15, 0.2) is 36.5 Å². The second-order valence-corrected chi connectivity index (χ2v) is 6.58. The second kappa shape index (κ2) is 5.94. The van der Waals surface area contributed by atoms with Gasteiger partial charge in [-0.15, -0.1) is 0 Å². The van der Waals surface area contributed by atoms with Gasteiger partial charge in [-0.25, -0.2) is 4.98 Å². The minimum atomic E-state index is -0.924. The third-order valence-corrected chi connectivity index (χ3v) is 4.89. The lowest BCUT2D eigenvalue weighted by molar-refractivity contribution is -0.139. The molecule has 7 heteroatoms. The van der Waals surface area contributed by atoms with E-state index in [9.17, 15) is 14.7 Å². The molecule has 1 amide bonds. The summed E-state index contributed by atoms with van der Waals surface area (Å²) in [6.07, 6.45) is 1.53. The Morgan fingerprint density at radius 1 is 1.27 bits per heavy atom. The Morgan fingerprint density at radius 3 is 2.81 bits per heavy atom. The smallest absolute Gasteiger partial charge is 0.312 e. The quantitative estimate of drug-likeness (QED) is 0.765. The van der Waals surface area contributed by atoms with Gasteiger partial charge in [0.2, 0.25) is 0 Å². The molecule has 3 heterocycles. The van der Waals surface area contributed by atoms with Crippen molar-refractivity contribution >= 4 is 22.9 Å². The van der Waals surface area contributed by atoms with E-state index in [1.165, 1.54) is 6.20 Å². The van der Waals surface area contributed by atoms with Gasteiger partial charge in [-0.05, 0) is 24.1 Å². The maximum absolute atomic E-state index is 13.0. The molecule has 1 aliphatic heterocycles. The van der Waals surface area contributed by atoms with Crippen molar-refractivity contribution in [1.82, 2.24) is 19.7 Å². The average molecular weight is 350 g/mol. The van der Waals surface area contributed by atoms with Crippen LogP contribution in [0, 0.1) is 6.92 Å². The summed E-state index contributed by atoms with van der Waals surface area (Å²) in [6, 6.07) is 9.16. The fraction of sp³-hybridized carbons (Fsp3) is 0.263. The lowest BCUT2D eigenvalue weighted by Crippen LogP contribution is -2.40. The molecule has 1 N–H and O–H groups in total. The Morgan fingerprint density at radius 2 is 2.04 bits per heavy atom. The summed E-state index contributed by atoms with van der Waals surface area (Å²) in [5, 5.41) is 14.7. The number of nitrogens with zero attached hydrogens (tertiary/aromatic N) is 4. The first-order valence-corrected chi connectivity index (χ1v) is 8.35. The maximum Gasteiger partial charge on any atom is 0.312 e. The van der Waals surface area contributed by atoms with E-state index in [1.807, 2.05) is 38.2 Å². The highest BCUT2D eigenvalue weighted by Gasteiger charge is 2.33. The fourth-order valence-corrected chi connectivity index (χ4v) is 3.58. The summed E-state index contributed by atoms with van der Waals surface area (Å²) in [7, 11) is 1.81. The molecule has 0 fully saturated rings. The van der Waals surface area contributed by atoms with Crippen LogP contribution in [0.1, 0.15) is 33.1 Å². The Balaban J connectivity index is 1.71. The topological polar surface area (TPSA) is 88.3 Å². The SMILES string of the molecule is Cc1nn(C)c2ncc(C(=O)N3Cc4ccccc4C(C(=O)O)C3)cc12. The number of aliphatic carboxylic acids is 1. The van der Waals surface area contributed by atoms with Crippen LogP contribution in [0.4, 0.5) is 0 Å². The summed E-state index contributed by atoms with van der Waals surface area (Å²) in [4.78, 5) is 30.6. The van der Waals surface area contributed by atoms with Crippen molar-refractivity contribution in [2.45, 2.75) is 19.4 Å². The van der Waals surface area contributed by atoms with E-state index >= 15 is 0 Å². The molecule has 0 saturated heterocycles. The van der Waals surface area contributed by atoms with Crippen LogP contribution >= 0.6 is 0 Å². The van der Waals surface area contributed by atoms with E-state index in [0.717, 1.165) is 22.2 Å². The highest BCUT2D eigenvalue weighted by molar-refractivity contribution is 5.98. The van der Waals surface area contributed by atoms with Gasteiger partial charge < -0.3 is 10.0 Å². The number of hydrogen-bond donors (Lipinski definition) is 1. The zero-order valence-electron chi connectivity index (χ0n) is 14.5. The third-order valence-electron chi connectivity index (χ3n) is 4.89. The normalized spacial score (nSPS) is 16.5. The van der Waals surface area contributed by atoms with Crippen LogP contribution in [0.3, 0.4) is 0 Å². The van der Waals surface area contributed by atoms with Crippen molar-refractivity contribution in [3.05, 3.63) is 58.9 Å². The molecule has 0 radical (unpaired) electrons. The Labute approximate surface area is 149 Å². The first-order valence-electron chi connectivity index (χ1n) is 8.35. The number of carboxylic acid groups (broad SMARTS) is 1. The van der Waals surface area contributed by atoms with Gasteiger partial charge in [0.25, 0.3) is 5.91 Å². The predicted molar refractivity (Wildman–Crippen MR) is 94.8 cm³/mol. The zero-order chi connectivity index (χ0) is 18.4. The zero-order valence-corrected chi connectivity index (χ0v) is 14.5. The summed E-state index contributed by atoms with van der Waals surface area (Å²) < 4.78 is 1.68. The van der Waals surface area contributed by atoms with E-state index in [2.05, 4.69) is 10.1 Å². The molecule has 26 heavy (non-hydrogen) atoms. The molecule has 0 saturated carbocycles. The van der Waals surface area contributed by atoms with Gasteiger partial charge in [0.15, 0.2) is 5.65 Å². The number of rotatable bonds is 2. The molecular weight excluding hydrogens is 332 g/mol. The van der Waals surface area contributed by atoms with Gasteiger partial charge in [-0.2, -0.15) is 5.10 Å². The number of amides is 1. The third kappa shape index (κ3) is 2.52. The van der Waals surface area contributed by atoms with Crippen molar-refractivity contribution in [3.8, 4) is 0 Å². The van der Waals surface area contributed by atoms with Crippen LogP contribution in [0.25, 0.3) is 11.0 Å². The molecule has 7 nitrogen and oxygen atoms in total. The van der Waals surface area contributed by atoms with E-state index in [4.69, 9.17) is 0 Å². The van der Waals surface area contributed by atoms with Crippen molar-refractivity contribution in [2.75, 3.05) is 6.54 Å². The Bertz CT molecular complexity index is 1040. The summed E-state index contributed by atoms with van der Waals surface area (Å²) in [6.45, 7) is 2.41. The summed E-state index contributed by atoms with van der Waals surface area (Å²) in [5.41, 5.74) is 3.60. The number of aromatic nitrogens is 3. The molecule has 3 aromatic rings. The number of carbonyl (C=O) groups excluding carboxylic acids is 1. The van der Waals surface area contributed by atoms with Crippen molar-refractivity contribution in [2.24, 2.45) is 7.05 Å². The number of pyridine rings is 1. The lowest BCUT2D eigenvalue weighted by Gasteiger charge is -2.32. The highest BCUT2D eigenvalue weighted by atomic mass is 16.4. The van der Waals surface area contributed by atoms with Crippen LogP contribution in [-0.2, 0) is 18.4 Å². The van der Waals surface area contributed by atoms with Crippen LogP contribution in [0.5, 0.6) is 0 Å². The molecule has 1 unspecified atom stereocenters. The Hall–Kier alpha value is -3.22. The number of aryl methyl sites for hydroxylation is 2. The van der Waals surface area contributed by atoms with Gasteiger partial charge in [-0.1, -0.05) is 24.3 Å². The molecule has 0 bridgehead atoms. The second-order valence-electron chi connectivity index (χ2n) is 6.58. The van der Waals surface area contributed by atoms with Crippen molar-refractivity contribution in [1.29, 1.82) is 0 Å². The predicted octanol–water partition coefficient (Wildman–Crippen LogP) is 2.10. The Kier molecular flexibility index (Phi) is 3.72. The molecule has 1 atom stereocenters. The number of fused-ring (bicyclic) bond motifs is 2. The average Bonchev–Trinajstić information content (AvgIpc) is 2.93. The molecular formula is C19H18N4O3. The highest BCUT2D eigenvalue weighted by Crippen LogP contribution is 2.29.